The molecule has 0 aliphatic heterocycles. The fourth-order valence-electron chi connectivity index (χ4n) is 2.35. The molecule has 3 aromatic rings. The quantitative estimate of drug-likeness (QED) is 0.504. The third kappa shape index (κ3) is 6.01. The van der Waals surface area contributed by atoms with Crippen LogP contribution in [-0.4, -0.2) is 18.7 Å². The Hall–Kier alpha value is -3.60. The van der Waals surface area contributed by atoms with Crippen LogP contribution < -0.4 is 14.9 Å². The van der Waals surface area contributed by atoms with Crippen molar-refractivity contribution >= 4 is 12.1 Å². The lowest BCUT2D eigenvalue weighted by Gasteiger charge is -2.06. The van der Waals surface area contributed by atoms with Crippen LogP contribution >= 0.6 is 0 Å². The second kappa shape index (κ2) is 9.20. The fourth-order valence-corrected chi connectivity index (χ4v) is 2.35. The average Bonchev–Trinajstić information content (AvgIpc) is 2.68. The van der Waals surface area contributed by atoms with Gasteiger partial charge in [-0.15, -0.1) is 0 Å². The number of amides is 1. The number of carbonyl (C=O) groups excluding carboxylic acids is 1. The predicted octanol–water partition coefficient (Wildman–Crippen LogP) is 4.32. The predicted molar refractivity (Wildman–Crippen MR) is 105 cm³/mol. The van der Waals surface area contributed by atoms with Crippen LogP contribution in [0, 0.1) is 6.92 Å². The second-order valence-electron chi connectivity index (χ2n) is 5.89. The van der Waals surface area contributed by atoms with E-state index in [0.29, 0.717) is 11.5 Å². The van der Waals surface area contributed by atoms with Crippen molar-refractivity contribution in [3.05, 3.63) is 90.0 Å². The summed E-state index contributed by atoms with van der Waals surface area (Å²) in [6, 6.07) is 24.5. The molecular formula is C22H20N2O3. The number of rotatable bonds is 7. The zero-order valence-corrected chi connectivity index (χ0v) is 15.0. The number of ether oxygens (including phenoxy) is 2. The summed E-state index contributed by atoms with van der Waals surface area (Å²) in [6.07, 6.45) is 1.56. The number of hydrogen-bond acceptors (Lipinski definition) is 4. The highest BCUT2D eigenvalue weighted by molar-refractivity contribution is 5.83. The Morgan fingerprint density at radius 3 is 2.48 bits per heavy atom. The third-order valence-electron chi connectivity index (χ3n) is 3.60. The molecule has 0 aliphatic carbocycles. The Kier molecular flexibility index (Phi) is 6.20. The summed E-state index contributed by atoms with van der Waals surface area (Å²) in [5.41, 5.74) is 4.33. The Morgan fingerprint density at radius 2 is 1.67 bits per heavy atom. The molecule has 3 aromatic carbocycles. The number of nitrogens with zero attached hydrogens (tertiary/aromatic N) is 1. The molecule has 136 valence electrons. The van der Waals surface area contributed by atoms with Gasteiger partial charge in [-0.25, -0.2) is 5.43 Å². The lowest BCUT2D eigenvalue weighted by Crippen LogP contribution is -2.24. The van der Waals surface area contributed by atoms with Crippen molar-refractivity contribution in [2.45, 2.75) is 6.92 Å². The van der Waals surface area contributed by atoms with Crippen molar-refractivity contribution in [1.29, 1.82) is 0 Å². The number of aryl methyl sites for hydroxylation is 1. The minimum Gasteiger partial charge on any atom is -0.484 e. The largest absolute Gasteiger partial charge is 0.484 e. The number of hydrazone groups is 1. The summed E-state index contributed by atoms with van der Waals surface area (Å²) < 4.78 is 11.2. The zero-order chi connectivity index (χ0) is 18.9. The lowest BCUT2D eigenvalue weighted by molar-refractivity contribution is -0.123. The van der Waals surface area contributed by atoms with Gasteiger partial charge in [0.25, 0.3) is 5.91 Å². The molecule has 5 nitrogen and oxygen atoms in total. The Balaban J connectivity index is 1.50. The second-order valence-corrected chi connectivity index (χ2v) is 5.89. The van der Waals surface area contributed by atoms with Crippen LogP contribution in [0.25, 0.3) is 0 Å². The van der Waals surface area contributed by atoms with Crippen molar-refractivity contribution in [1.82, 2.24) is 5.43 Å². The maximum atomic E-state index is 11.8. The van der Waals surface area contributed by atoms with Gasteiger partial charge in [0.15, 0.2) is 6.61 Å². The molecule has 0 spiro atoms. The monoisotopic (exact) mass is 360 g/mol. The minimum atomic E-state index is -0.329. The van der Waals surface area contributed by atoms with E-state index < -0.39 is 0 Å². The number of benzene rings is 3. The van der Waals surface area contributed by atoms with Crippen LogP contribution in [0.5, 0.6) is 17.2 Å². The molecule has 0 atom stereocenters. The van der Waals surface area contributed by atoms with E-state index in [4.69, 9.17) is 9.47 Å². The smallest absolute Gasteiger partial charge is 0.277 e. The molecule has 0 saturated heterocycles. The van der Waals surface area contributed by atoms with Crippen LogP contribution in [0.4, 0.5) is 0 Å². The molecule has 0 aromatic heterocycles. The first-order valence-corrected chi connectivity index (χ1v) is 8.53. The van der Waals surface area contributed by atoms with Gasteiger partial charge in [-0.1, -0.05) is 42.5 Å². The summed E-state index contributed by atoms with van der Waals surface area (Å²) in [5.74, 6) is 1.77. The lowest BCUT2D eigenvalue weighted by atomic mass is 10.2. The van der Waals surface area contributed by atoms with E-state index in [9.17, 15) is 4.79 Å². The molecule has 0 fully saturated rings. The number of hydrogen-bond donors (Lipinski definition) is 1. The van der Waals surface area contributed by atoms with Crippen molar-refractivity contribution in [3.8, 4) is 17.2 Å². The molecule has 5 heteroatoms. The van der Waals surface area contributed by atoms with E-state index in [1.807, 2.05) is 85.8 Å². The number of para-hydroxylation sites is 1. The Labute approximate surface area is 158 Å². The van der Waals surface area contributed by atoms with Gasteiger partial charge in [0, 0.05) is 0 Å². The summed E-state index contributed by atoms with van der Waals surface area (Å²) >= 11 is 0. The molecule has 1 amide bonds. The highest BCUT2D eigenvalue weighted by Crippen LogP contribution is 2.21. The molecule has 0 aliphatic rings. The van der Waals surface area contributed by atoms with Crippen molar-refractivity contribution in [2.24, 2.45) is 5.10 Å². The standard InChI is InChI=1S/C22H20N2O3/c1-17-7-5-11-20(13-17)26-16-22(25)24-23-15-18-8-6-12-21(14-18)27-19-9-3-2-4-10-19/h2-15H,16H2,1H3,(H,24,25)/b23-15+. The van der Waals surface area contributed by atoms with Crippen LogP contribution in [-0.2, 0) is 4.79 Å². The van der Waals surface area contributed by atoms with E-state index in [2.05, 4.69) is 10.5 Å². The van der Waals surface area contributed by atoms with Gasteiger partial charge in [-0.2, -0.15) is 5.10 Å². The number of carbonyl (C=O) groups is 1. The van der Waals surface area contributed by atoms with Crippen LogP contribution in [0.15, 0.2) is 84.0 Å². The molecule has 3 rings (SSSR count). The molecular weight excluding hydrogens is 340 g/mol. The SMILES string of the molecule is Cc1cccc(OCC(=O)N/N=C/c2cccc(Oc3ccccc3)c2)c1. The zero-order valence-electron chi connectivity index (χ0n) is 15.0. The summed E-state index contributed by atoms with van der Waals surface area (Å²) in [6.45, 7) is 1.87. The summed E-state index contributed by atoms with van der Waals surface area (Å²) in [5, 5.41) is 3.96. The summed E-state index contributed by atoms with van der Waals surface area (Å²) in [7, 11) is 0. The maximum Gasteiger partial charge on any atom is 0.277 e. The maximum absolute atomic E-state index is 11.8. The van der Waals surface area contributed by atoms with E-state index in [1.54, 1.807) is 6.21 Å². The van der Waals surface area contributed by atoms with Gasteiger partial charge in [-0.05, 0) is 54.4 Å². The van der Waals surface area contributed by atoms with Crippen molar-refractivity contribution in [2.75, 3.05) is 6.61 Å². The molecule has 0 unspecified atom stereocenters. The Bertz CT molecular complexity index is 924. The van der Waals surface area contributed by atoms with Gasteiger partial charge >= 0.3 is 0 Å². The van der Waals surface area contributed by atoms with E-state index >= 15 is 0 Å². The highest BCUT2D eigenvalue weighted by atomic mass is 16.5. The molecule has 0 radical (unpaired) electrons. The average molecular weight is 360 g/mol. The van der Waals surface area contributed by atoms with Crippen molar-refractivity contribution in [3.63, 3.8) is 0 Å². The first-order valence-electron chi connectivity index (χ1n) is 8.53. The van der Waals surface area contributed by atoms with Gasteiger partial charge < -0.3 is 9.47 Å². The van der Waals surface area contributed by atoms with Crippen LogP contribution in [0.2, 0.25) is 0 Å². The molecule has 0 bridgehead atoms. The first kappa shape index (κ1) is 18.2. The topological polar surface area (TPSA) is 59.9 Å². The van der Waals surface area contributed by atoms with Gasteiger partial charge in [0.2, 0.25) is 0 Å². The normalized spacial score (nSPS) is 10.6. The van der Waals surface area contributed by atoms with Crippen LogP contribution in [0.3, 0.4) is 0 Å². The van der Waals surface area contributed by atoms with E-state index in [-0.39, 0.29) is 12.5 Å². The van der Waals surface area contributed by atoms with Gasteiger partial charge in [0.05, 0.1) is 6.21 Å². The van der Waals surface area contributed by atoms with Gasteiger partial charge in [-0.3, -0.25) is 4.79 Å². The van der Waals surface area contributed by atoms with Crippen LogP contribution in [0.1, 0.15) is 11.1 Å². The third-order valence-corrected chi connectivity index (χ3v) is 3.60. The van der Waals surface area contributed by atoms with E-state index in [0.717, 1.165) is 16.9 Å². The van der Waals surface area contributed by atoms with Crippen molar-refractivity contribution < 1.29 is 14.3 Å². The van der Waals surface area contributed by atoms with E-state index in [1.165, 1.54) is 0 Å². The first-order chi connectivity index (χ1) is 13.2. The molecule has 1 N–H and O–H groups in total. The summed E-state index contributed by atoms with van der Waals surface area (Å²) in [4.78, 5) is 11.8. The van der Waals surface area contributed by atoms with Gasteiger partial charge in [0.1, 0.15) is 17.2 Å². The minimum absolute atomic E-state index is 0.0993. The fraction of sp³-hybridized carbons (Fsp3) is 0.0909. The molecule has 27 heavy (non-hydrogen) atoms. The highest BCUT2D eigenvalue weighted by Gasteiger charge is 2.02. The Morgan fingerprint density at radius 1 is 0.926 bits per heavy atom. The molecule has 0 saturated carbocycles. The number of nitrogens with one attached hydrogen (secondary N) is 1. The molecule has 0 heterocycles.